The number of hydrogen-bond donors (Lipinski definition) is 1. The Morgan fingerprint density at radius 3 is 2.71 bits per heavy atom. The summed E-state index contributed by atoms with van der Waals surface area (Å²) in [6.45, 7) is 8.70. The molecule has 2 heterocycles. The maximum Gasteiger partial charge on any atom is 0.322 e. The van der Waals surface area contributed by atoms with Crippen molar-refractivity contribution in [1.82, 2.24) is 15.1 Å². The maximum atomic E-state index is 11.7. The van der Waals surface area contributed by atoms with Gasteiger partial charge in [0.1, 0.15) is 6.04 Å². The number of nitrogens with one attached hydrogen (secondary N) is 1. The third kappa shape index (κ3) is 4.94. The van der Waals surface area contributed by atoms with E-state index in [1.54, 1.807) is 0 Å². The van der Waals surface area contributed by atoms with Crippen LogP contribution in [0.5, 0.6) is 0 Å². The Morgan fingerprint density at radius 1 is 1.29 bits per heavy atom. The van der Waals surface area contributed by atoms with Gasteiger partial charge in [-0.25, -0.2) is 0 Å². The van der Waals surface area contributed by atoms with Crippen LogP contribution in [0.3, 0.4) is 0 Å². The highest BCUT2D eigenvalue weighted by Gasteiger charge is 2.29. The average Bonchev–Trinajstić information content (AvgIpc) is 3.00. The first-order valence-corrected chi connectivity index (χ1v) is 8.52. The van der Waals surface area contributed by atoms with Gasteiger partial charge in [-0.05, 0) is 51.9 Å². The summed E-state index contributed by atoms with van der Waals surface area (Å²) in [4.78, 5) is 16.9. The number of hydrogen-bond acceptors (Lipinski definition) is 5. The van der Waals surface area contributed by atoms with Crippen LogP contribution in [0.1, 0.15) is 39.0 Å². The summed E-state index contributed by atoms with van der Waals surface area (Å²) in [6, 6.07) is 0.579. The number of methoxy groups -OCH3 is 1. The molecule has 21 heavy (non-hydrogen) atoms. The van der Waals surface area contributed by atoms with E-state index in [0.717, 1.165) is 25.6 Å². The van der Waals surface area contributed by atoms with E-state index in [-0.39, 0.29) is 12.0 Å². The number of esters is 1. The Bertz CT molecular complexity index is 319. The lowest BCUT2D eigenvalue weighted by Crippen LogP contribution is -2.42. The third-order valence-electron chi connectivity index (χ3n) is 4.82. The van der Waals surface area contributed by atoms with Crippen molar-refractivity contribution in [3.05, 3.63) is 0 Å². The fourth-order valence-corrected chi connectivity index (χ4v) is 3.60. The van der Waals surface area contributed by atoms with Gasteiger partial charge >= 0.3 is 5.97 Å². The van der Waals surface area contributed by atoms with Gasteiger partial charge in [0.25, 0.3) is 0 Å². The zero-order chi connectivity index (χ0) is 15.1. The summed E-state index contributed by atoms with van der Waals surface area (Å²) in [5, 5.41) is 3.22. The summed E-state index contributed by atoms with van der Waals surface area (Å²) in [6.07, 6.45) is 6.25. The van der Waals surface area contributed by atoms with Crippen LogP contribution in [0.25, 0.3) is 0 Å². The topological polar surface area (TPSA) is 44.8 Å². The average molecular weight is 297 g/mol. The van der Waals surface area contributed by atoms with Gasteiger partial charge in [0.05, 0.1) is 7.11 Å². The second-order valence-corrected chi connectivity index (χ2v) is 6.26. The van der Waals surface area contributed by atoms with Crippen LogP contribution in [0.15, 0.2) is 0 Å². The van der Waals surface area contributed by atoms with E-state index in [0.29, 0.717) is 0 Å². The van der Waals surface area contributed by atoms with Crippen molar-refractivity contribution in [3.8, 4) is 0 Å². The van der Waals surface area contributed by atoms with E-state index in [1.807, 2.05) is 6.92 Å². The number of ether oxygens (including phenoxy) is 1. The molecule has 5 heteroatoms. The lowest BCUT2D eigenvalue weighted by atomic mass is 10.1. The third-order valence-corrected chi connectivity index (χ3v) is 4.82. The molecule has 1 N–H and O–H groups in total. The molecule has 2 unspecified atom stereocenters. The SMILES string of the molecule is CCNC(CCN1CCC(N2CCCCC2)C1)C(=O)OC. The molecule has 0 aromatic carbocycles. The van der Waals surface area contributed by atoms with Crippen molar-refractivity contribution in [1.29, 1.82) is 0 Å². The Kier molecular flexibility index (Phi) is 6.93. The Balaban J connectivity index is 1.72. The minimum absolute atomic E-state index is 0.136. The summed E-state index contributed by atoms with van der Waals surface area (Å²) in [5.41, 5.74) is 0. The van der Waals surface area contributed by atoms with Gasteiger partial charge < -0.3 is 15.0 Å². The molecule has 0 amide bonds. The van der Waals surface area contributed by atoms with Gasteiger partial charge in [-0.15, -0.1) is 0 Å². The smallest absolute Gasteiger partial charge is 0.322 e. The van der Waals surface area contributed by atoms with E-state index in [1.165, 1.54) is 59.0 Å². The quantitative estimate of drug-likeness (QED) is 0.713. The van der Waals surface area contributed by atoms with Crippen molar-refractivity contribution >= 4 is 5.97 Å². The zero-order valence-corrected chi connectivity index (χ0v) is 13.6. The van der Waals surface area contributed by atoms with Crippen LogP contribution in [-0.2, 0) is 9.53 Å². The number of carbonyl (C=O) groups excluding carboxylic acids is 1. The predicted octanol–water partition coefficient (Wildman–Crippen LogP) is 1.09. The fraction of sp³-hybridized carbons (Fsp3) is 0.938. The normalized spacial score (nSPS) is 25.9. The van der Waals surface area contributed by atoms with Crippen molar-refractivity contribution < 1.29 is 9.53 Å². The highest BCUT2D eigenvalue weighted by Crippen LogP contribution is 2.20. The van der Waals surface area contributed by atoms with Crippen molar-refractivity contribution in [2.75, 3.05) is 46.4 Å². The van der Waals surface area contributed by atoms with Crippen molar-refractivity contribution in [2.24, 2.45) is 0 Å². The second kappa shape index (κ2) is 8.71. The summed E-state index contributed by atoms with van der Waals surface area (Å²) in [7, 11) is 1.47. The van der Waals surface area contributed by atoms with Crippen LogP contribution in [-0.4, -0.2) is 74.2 Å². The first-order valence-electron chi connectivity index (χ1n) is 8.52. The number of nitrogens with zero attached hydrogens (tertiary/aromatic N) is 2. The Morgan fingerprint density at radius 2 is 2.05 bits per heavy atom. The molecule has 2 saturated heterocycles. The Labute approximate surface area is 129 Å². The van der Waals surface area contributed by atoms with Gasteiger partial charge in [-0.1, -0.05) is 13.3 Å². The van der Waals surface area contributed by atoms with Crippen molar-refractivity contribution in [2.45, 2.75) is 51.1 Å². The molecule has 2 fully saturated rings. The molecule has 2 aliphatic rings. The van der Waals surface area contributed by atoms with E-state index in [9.17, 15) is 4.79 Å². The minimum Gasteiger partial charge on any atom is -0.468 e. The standard InChI is InChI=1S/C16H31N3O2/c1-3-17-15(16(20)21-2)8-12-18-11-7-14(13-18)19-9-5-4-6-10-19/h14-15,17H,3-13H2,1-2H3. The monoisotopic (exact) mass is 297 g/mol. The van der Waals surface area contributed by atoms with Crippen molar-refractivity contribution in [3.63, 3.8) is 0 Å². The number of likely N-dealkylation sites (N-methyl/N-ethyl adjacent to an activating group) is 1. The number of rotatable bonds is 7. The molecule has 0 aromatic rings. The molecule has 0 spiro atoms. The second-order valence-electron chi connectivity index (χ2n) is 6.26. The first-order chi connectivity index (χ1) is 10.2. The summed E-state index contributed by atoms with van der Waals surface area (Å²) in [5.74, 6) is -0.136. The molecular formula is C16H31N3O2. The fourth-order valence-electron chi connectivity index (χ4n) is 3.60. The molecule has 0 aromatic heterocycles. The van der Waals surface area contributed by atoms with Crippen LogP contribution < -0.4 is 5.32 Å². The van der Waals surface area contributed by atoms with Gasteiger partial charge in [0.2, 0.25) is 0 Å². The molecule has 0 saturated carbocycles. The molecule has 0 bridgehead atoms. The van der Waals surface area contributed by atoms with Gasteiger partial charge in [-0.2, -0.15) is 0 Å². The molecule has 122 valence electrons. The van der Waals surface area contributed by atoms with Crippen LogP contribution in [0.2, 0.25) is 0 Å². The molecule has 0 aliphatic carbocycles. The van der Waals surface area contributed by atoms with E-state index < -0.39 is 0 Å². The molecule has 2 rings (SSSR count). The number of likely N-dealkylation sites (tertiary alicyclic amines) is 2. The molecular weight excluding hydrogens is 266 g/mol. The maximum absolute atomic E-state index is 11.7. The first kappa shape index (κ1) is 16.7. The van der Waals surface area contributed by atoms with E-state index in [4.69, 9.17) is 4.74 Å². The highest BCUT2D eigenvalue weighted by molar-refractivity contribution is 5.75. The minimum atomic E-state index is -0.158. The highest BCUT2D eigenvalue weighted by atomic mass is 16.5. The van der Waals surface area contributed by atoms with Crippen LogP contribution in [0.4, 0.5) is 0 Å². The van der Waals surface area contributed by atoms with Gasteiger partial charge in [0.15, 0.2) is 0 Å². The van der Waals surface area contributed by atoms with Crippen LogP contribution in [0, 0.1) is 0 Å². The number of piperidine rings is 1. The summed E-state index contributed by atoms with van der Waals surface area (Å²) < 4.78 is 4.87. The van der Waals surface area contributed by atoms with Gasteiger partial charge in [0, 0.05) is 19.1 Å². The van der Waals surface area contributed by atoms with E-state index >= 15 is 0 Å². The Hall–Kier alpha value is -0.650. The predicted molar refractivity (Wildman–Crippen MR) is 84.4 cm³/mol. The largest absolute Gasteiger partial charge is 0.468 e. The molecule has 0 radical (unpaired) electrons. The van der Waals surface area contributed by atoms with Crippen LogP contribution >= 0.6 is 0 Å². The van der Waals surface area contributed by atoms with E-state index in [2.05, 4.69) is 15.1 Å². The van der Waals surface area contributed by atoms with Gasteiger partial charge in [-0.3, -0.25) is 9.69 Å². The number of carbonyl (C=O) groups is 1. The molecule has 5 nitrogen and oxygen atoms in total. The zero-order valence-electron chi connectivity index (χ0n) is 13.6. The molecule has 2 atom stereocenters. The summed E-state index contributed by atoms with van der Waals surface area (Å²) >= 11 is 0. The lowest BCUT2D eigenvalue weighted by Gasteiger charge is -2.32. The lowest BCUT2D eigenvalue weighted by molar-refractivity contribution is -0.143. The molecule has 2 aliphatic heterocycles.